The van der Waals surface area contributed by atoms with Crippen molar-refractivity contribution in [2.24, 2.45) is 5.41 Å². The maximum atomic E-state index is 11.0. The van der Waals surface area contributed by atoms with Crippen molar-refractivity contribution in [2.45, 2.75) is 175 Å². The SMILES string of the molecule is CCCCCCCCCC(O)CC(C)(CCCCC)C(O)CCCCCCCCC. The lowest BCUT2D eigenvalue weighted by Gasteiger charge is -2.37. The summed E-state index contributed by atoms with van der Waals surface area (Å²) in [6, 6.07) is 0. The van der Waals surface area contributed by atoms with E-state index in [-0.39, 0.29) is 17.6 Å². The first-order valence-electron chi connectivity index (χ1n) is 13.9. The molecule has 0 amide bonds. The lowest BCUT2D eigenvalue weighted by atomic mass is 9.73. The molecular weight excluding hydrogens is 368 g/mol. The van der Waals surface area contributed by atoms with Crippen LogP contribution in [0.3, 0.4) is 0 Å². The van der Waals surface area contributed by atoms with Crippen LogP contribution < -0.4 is 0 Å². The van der Waals surface area contributed by atoms with Crippen LogP contribution >= 0.6 is 0 Å². The largest absolute Gasteiger partial charge is 0.393 e. The van der Waals surface area contributed by atoms with Gasteiger partial charge in [-0.25, -0.2) is 0 Å². The van der Waals surface area contributed by atoms with Crippen LogP contribution in [-0.4, -0.2) is 22.4 Å². The van der Waals surface area contributed by atoms with E-state index >= 15 is 0 Å². The summed E-state index contributed by atoms with van der Waals surface area (Å²) in [5.41, 5.74) is -0.127. The van der Waals surface area contributed by atoms with Gasteiger partial charge in [-0.15, -0.1) is 0 Å². The average molecular weight is 427 g/mol. The fraction of sp³-hybridized carbons (Fsp3) is 1.00. The first-order chi connectivity index (χ1) is 14.5. The van der Waals surface area contributed by atoms with Crippen molar-refractivity contribution in [3.05, 3.63) is 0 Å². The molecule has 2 heteroatoms. The molecule has 0 fully saturated rings. The topological polar surface area (TPSA) is 40.5 Å². The Morgan fingerprint density at radius 1 is 0.533 bits per heavy atom. The van der Waals surface area contributed by atoms with Crippen LogP contribution in [0.25, 0.3) is 0 Å². The third kappa shape index (κ3) is 16.6. The van der Waals surface area contributed by atoms with Crippen molar-refractivity contribution >= 4 is 0 Å². The molecule has 2 N–H and O–H groups in total. The molecule has 0 heterocycles. The molecule has 30 heavy (non-hydrogen) atoms. The van der Waals surface area contributed by atoms with Gasteiger partial charge in [-0.3, -0.25) is 0 Å². The Balaban J connectivity index is 4.28. The third-order valence-corrected chi connectivity index (χ3v) is 7.08. The predicted octanol–water partition coefficient (Wildman–Crippen LogP) is 8.97. The molecule has 0 bridgehead atoms. The summed E-state index contributed by atoms with van der Waals surface area (Å²) in [7, 11) is 0. The van der Waals surface area contributed by atoms with E-state index in [4.69, 9.17) is 0 Å². The summed E-state index contributed by atoms with van der Waals surface area (Å²) in [6.45, 7) is 9.00. The predicted molar refractivity (Wildman–Crippen MR) is 134 cm³/mol. The number of aliphatic hydroxyl groups excluding tert-OH is 2. The van der Waals surface area contributed by atoms with Gasteiger partial charge in [0.15, 0.2) is 0 Å². The van der Waals surface area contributed by atoms with Gasteiger partial charge in [0.2, 0.25) is 0 Å². The second kappa shape index (κ2) is 20.8. The Hall–Kier alpha value is -0.0800. The molecule has 0 radical (unpaired) electrons. The van der Waals surface area contributed by atoms with E-state index in [1.54, 1.807) is 0 Å². The zero-order valence-electron chi connectivity index (χ0n) is 21.4. The van der Waals surface area contributed by atoms with Crippen LogP contribution in [0, 0.1) is 5.41 Å². The lowest BCUT2D eigenvalue weighted by Crippen LogP contribution is -2.36. The number of hydrogen-bond acceptors (Lipinski definition) is 2. The van der Waals surface area contributed by atoms with Gasteiger partial charge in [-0.2, -0.15) is 0 Å². The maximum Gasteiger partial charge on any atom is 0.0594 e. The van der Waals surface area contributed by atoms with Crippen molar-refractivity contribution in [3.8, 4) is 0 Å². The van der Waals surface area contributed by atoms with Gasteiger partial charge in [0.1, 0.15) is 0 Å². The minimum atomic E-state index is -0.270. The minimum Gasteiger partial charge on any atom is -0.393 e. The van der Waals surface area contributed by atoms with E-state index < -0.39 is 0 Å². The smallest absolute Gasteiger partial charge is 0.0594 e. The van der Waals surface area contributed by atoms with E-state index in [0.29, 0.717) is 0 Å². The molecule has 0 spiro atoms. The number of unbranched alkanes of at least 4 members (excludes halogenated alkanes) is 14. The van der Waals surface area contributed by atoms with Crippen LogP contribution in [0.5, 0.6) is 0 Å². The van der Waals surface area contributed by atoms with Crippen molar-refractivity contribution < 1.29 is 10.2 Å². The van der Waals surface area contributed by atoms with Crippen molar-refractivity contribution in [2.75, 3.05) is 0 Å². The summed E-state index contributed by atoms with van der Waals surface area (Å²) in [4.78, 5) is 0. The summed E-state index contributed by atoms with van der Waals surface area (Å²) in [6.07, 6.45) is 24.8. The minimum absolute atomic E-state index is 0.127. The second-order valence-electron chi connectivity index (χ2n) is 10.3. The number of aliphatic hydroxyl groups is 2. The van der Waals surface area contributed by atoms with Crippen LogP contribution in [0.1, 0.15) is 163 Å². The van der Waals surface area contributed by atoms with E-state index in [0.717, 1.165) is 38.5 Å². The van der Waals surface area contributed by atoms with Crippen molar-refractivity contribution in [1.29, 1.82) is 0 Å². The van der Waals surface area contributed by atoms with Gasteiger partial charge in [0.25, 0.3) is 0 Å². The summed E-state index contributed by atoms with van der Waals surface area (Å²) < 4.78 is 0. The van der Waals surface area contributed by atoms with Crippen molar-refractivity contribution in [3.63, 3.8) is 0 Å². The highest BCUT2D eigenvalue weighted by atomic mass is 16.3. The van der Waals surface area contributed by atoms with Crippen LogP contribution in [-0.2, 0) is 0 Å². The quantitative estimate of drug-likeness (QED) is 0.160. The molecule has 3 atom stereocenters. The zero-order valence-corrected chi connectivity index (χ0v) is 21.4. The fourth-order valence-electron chi connectivity index (χ4n) is 4.80. The standard InChI is InChI=1S/C28H58O2/c1-5-8-11-13-15-17-19-22-26(29)25-28(4,24-21-10-7-3)27(30)23-20-18-16-14-12-9-6-2/h26-27,29-30H,5-25H2,1-4H3. The molecule has 0 rings (SSSR count). The van der Waals surface area contributed by atoms with Crippen LogP contribution in [0.4, 0.5) is 0 Å². The monoisotopic (exact) mass is 426 g/mol. The van der Waals surface area contributed by atoms with Crippen LogP contribution in [0.15, 0.2) is 0 Å². The van der Waals surface area contributed by atoms with Crippen molar-refractivity contribution in [1.82, 2.24) is 0 Å². The Kier molecular flexibility index (Phi) is 20.7. The van der Waals surface area contributed by atoms with E-state index in [1.807, 2.05) is 0 Å². The molecule has 0 aliphatic rings. The molecule has 0 saturated carbocycles. The summed E-state index contributed by atoms with van der Waals surface area (Å²) >= 11 is 0. The molecule has 0 aromatic heterocycles. The van der Waals surface area contributed by atoms with Gasteiger partial charge in [0.05, 0.1) is 12.2 Å². The van der Waals surface area contributed by atoms with Gasteiger partial charge in [0, 0.05) is 0 Å². The first kappa shape index (κ1) is 29.9. The van der Waals surface area contributed by atoms with Gasteiger partial charge < -0.3 is 10.2 Å². The Labute approximate surface area is 190 Å². The molecular formula is C28H58O2. The Morgan fingerprint density at radius 2 is 0.933 bits per heavy atom. The number of rotatable bonds is 23. The highest BCUT2D eigenvalue weighted by Gasteiger charge is 2.34. The summed E-state index contributed by atoms with van der Waals surface area (Å²) in [5.74, 6) is 0. The summed E-state index contributed by atoms with van der Waals surface area (Å²) in [5, 5.41) is 21.8. The Morgan fingerprint density at radius 3 is 1.43 bits per heavy atom. The molecule has 0 aliphatic carbocycles. The Bertz CT molecular complexity index is 344. The lowest BCUT2D eigenvalue weighted by molar-refractivity contribution is -0.0181. The number of hydrogen-bond donors (Lipinski definition) is 2. The fourth-order valence-corrected chi connectivity index (χ4v) is 4.80. The van der Waals surface area contributed by atoms with E-state index in [9.17, 15) is 10.2 Å². The average Bonchev–Trinajstić information content (AvgIpc) is 2.72. The van der Waals surface area contributed by atoms with Crippen LogP contribution in [0.2, 0.25) is 0 Å². The van der Waals surface area contributed by atoms with E-state index in [1.165, 1.54) is 96.3 Å². The van der Waals surface area contributed by atoms with Gasteiger partial charge in [-0.05, 0) is 31.1 Å². The van der Waals surface area contributed by atoms with Gasteiger partial charge in [-0.1, -0.05) is 137 Å². The molecule has 0 aromatic rings. The van der Waals surface area contributed by atoms with E-state index in [2.05, 4.69) is 27.7 Å². The molecule has 3 unspecified atom stereocenters. The third-order valence-electron chi connectivity index (χ3n) is 7.08. The molecule has 182 valence electrons. The maximum absolute atomic E-state index is 11.0. The first-order valence-corrected chi connectivity index (χ1v) is 13.9. The zero-order chi connectivity index (χ0) is 22.5. The van der Waals surface area contributed by atoms with Gasteiger partial charge >= 0.3 is 0 Å². The molecule has 2 nitrogen and oxygen atoms in total. The normalized spacial score (nSPS) is 15.8. The molecule has 0 aromatic carbocycles. The molecule has 0 saturated heterocycles. The molecule has 0 aliphatic heterocycles. The highest BCUT2D eigenvalue weighted by molar-refractivity contribution is 4.85. The highest BCUT2D eigenvalue weighted by Crippen LogP contribution is 2.37. The second-order valence-corrected chi connectivity index (χ2v) is 10.3.